The molecule has 24 heavy (non-hydrogen) atoms. The van der Waals surface area contributed by atoms with Crippen molar-refractivity contribution in [2.75, 3.05) is 24.7 Å². The van der Waals surface area contributed by atoms with Crippen LogP contribution in [0.4, 0.5) is 17.6 Å². The standard InChI is InChI=1S/C14H16N6O4/c1-19(2)14-17-11(16-13(15)18-14)8-24-12(21)7-9-5-3-4-6-10(9)20(22)23/h3-6H,7-8H2,1-2H3,(H2,15,16,17,18). The highest BCUT2D eigenvalue weighted by Gasteiger charge is 2.17. The van der Waals surface area contributed by atoms with E-state index in [0.717, 1.165) is 0 Å². The van der Waals surface area contributed by atoms with E-state index < -0.39 is 10.9 Å². The zero-order chi connectivity index (χ0) is 17.7. The summed E-state index contributed by atoms with van der Waals surface area (Å²) in [6.07, 6.45) is -0.224. The molecular formula is C14H16N6O4. The molecule has 10 nitrogen and oxygen atoms in total. The first kappa shape index (κ1) is 17.1. The molecule has 1 aromatic carbocycles. The molecule has 0 radical (unpaired) electrons. The van der Waals surface area contributed by atoms with Gasteiger partial charge in [-0.3, -0.25) is 14.9 Å². The Kier molecular flexibility index (Phi) is 5.20. The molecule has 2 rings (SSSR count). The molecule has 0 aliphatic rings. The van der Waals surface area contributed by atoms with Crippen LogP contribution in [0.3, 0.4) is 0 Å². The Labute approximate surface area is 137 Å². The zero-order valence-corrected chi connectivity index (χ0v) is 13.2. The monoisotopic (exact) mass is 332 g/mol. The van der Waals surface area contributed by atoms with Crippen molar-refractivity contribution in [2.45, 2.75) is 13.0 Å². The lowest BCUT2D eigenvalue weighted by Gasteiger charge is -2.11. The van der Waals surface area contributed by atoms with Crippen LogP contribution in [0.2, 0.25) is 0 Å². The van der Waals surface area contributed by atoms with Crippen molar-refractivity contribution >= 4 is 23.6 Å². The fraction of sp³-hybridized carbons (Fsp3) is 0.286. The molecule has 0 saturated carbocycles. The van der Waals surface area contributed by atoms with Crippen molar-refractivity contribution in [2.24, 2.45) is 0 Å². The molecule has 1 aromatic heterocycles. The van der Waals surface area contributed by atoms with Crippen LogP contribution in [-0.4, -0.2) is 39.9 Å². The largest absolute Gasteiger partial charge is 0.457 e. The smallest absolute Gasteiger partial charge is 0.310 e. The van der Waals surface area contributed by atoms with E-state index in [9.17, 15) is 14.9 Å². The van der Waals surface area contributed by atoms with Gasteiger partial charge in [-0.1, -0.05) is 18.2 Å². The number of esters is 1. The minimum absolute atomic E-state index is 0.0125. The molecule has 0 aliphatic heterocycles. The van der Waals surface area contributed by atoms with Crippen molar-refractivity contribution in [3.05, 3.63) is 45.8 Å². The van der Waals surface area contributed by atoms with Crippen LogP contribution >= 0.6 is 0 Å². The Morgan fingerprint density at radius 1 is 1.29 bits per heavy atom. The maximum absolute atomic E-state index is 11.9. The number of nitro benzene ring substituents is 1. The predicted molar refractivity (Wildman–Crippen MR) is 85.2 cm³/mol. The molecule has 0 bridgehead atoms. The first-order valence-corrected chi connectivity index (χ1v) is 6.92. The van der Waals surface area contributed by atoms with Crippen molar-refractivity contribution in [3.8, 4) is 0 Å². The number of anilines is 2. The van der Waals surface area contributed by atoms with Crippen molar-refractivity contribution in [3.63, 3.8) is 0 Å². The van der Waals surface area contributed by atoms with Crippen LogP contribution in [0, 0.1) is 10.1 Å². The molecule has 126 valence electrons. The van der Waals surface area contributed by atoms with E-state index in [4.69, 9.17) is 10.5 Å². The van der Waals surface area contributed by atoms with Gasteiger partial charge in [-0.05, 0) is 0 Å². The average Bonchev–Trinajstić information content (AvgIpc) is 2.52. The van der Waals surface area contributed by atoms with Crippen LogP contribution in [-0.2, 0) is 22.6 Å². The Morgan fingerprint density at radius 3 is 2.67 bits per heavy atom. The molecule has 0 saturated heterocycles. The maximum atomic E-state index is 11.9. The Balaban J connectivity index is 2.03. The van der Waals surface area contributed by atoms with Gasteiger partial charge in [0, 0.05) is 25.7 Å². The van der Waals surface area contributed by atoms with Crippen LogP contribution in [0.25, 0.3) is 0 Å². The van der Waals surface area contributed by atoms with Gasteiger partial charge in [-0.25, -0.2) is 0 Å². The van der Waals surface area contributed by atoms with Gasteiger partial charge in [0.2, 0.25) is 11.9 Å². The summed E-state index contributed by atoms with van der Waals surface area (Å²) in [6, 6.07) is 5.98. The first-order chi connectivity index (χ1) is 11.4. The zero-order valence-electron chi connectivity index (χ0n) is 13.2. The van der Waals surface area contributed by atoms with E-state index in [1.807, 2.05) is 0 Å². The number of aromatic nitrogens is 3. The summed E-state index contributed by atoms with van der Waals surface area (Å²) in [5, 5.41) is 10.9. The third kappa shape index (κ3) is 4.35. The fourth-order valence-corrected chi connectivity index (χ4v) is 1.88. The van der Waals surface area contributed by atoms with E-state index in [1.54, 1.807) is 25.1 Å². The van der Waals surface area contributed by atoms with Gasteiger partial charge in [0.25, 0.3) is 5.69 Å². The van der Waals surface area contributed by atoms with Gasteiger partial charge < -0.3 is 15.4 Å². The minimum atomic E-state index is -0.630. The van der Waals surface area contributed by atoms with E-state index in [1.165, 1.54) is 18.2 Å². The van der Waals surface area contributed by atoms with Crippen molar-refractivity contribution in [1.29, 1.82) is 0 Å². The quantitative estimate of drug-likeness (QED) is 0.460. The number of nitro groups is 1. The molecule has 0 amide bonds. The maximum Gasteiger partial charge on any atom is 0.310 e. The topological polar surface area (TPSA) is 137 Å². The van der Waals surface area contributed by atoms with Gasteiger partial charge in [-0.2, -0.15) is 15.0 Å². The number of hydrogen-bond acceptors (Lipinski definition) is 9. The number of nitrogen functional groups attached to an aromatic ring is 1. The summed E-state index contributed by atoms with van der Waals surface area (Å²) in [5.41, 5.74) is 5.72. The van der Waals surface area contributed by atoms with Crippen molar-refractivity contribution < 1.29 is 14.5 Å². The lowest BCUT2D eigenvalue weighted by molar-refractivity contribution is -0.385. The molecule has 0 atom stereocenters. The molecule has 0 spiro atoms. The molecular weight excluding hydrogens is 316 g/mol. The fourth-order valence-electron chi connectivity index (χ4n) is 1.88. The Morgan fingerprint density at radius 2 is 2.00 bits per heavy atom. The van der Waals surface area contributed by atoms with Crippen LogP contribution in [0.15, 0.2) is 24.3 Å². The number of hydrogen-bond donors (Lipinski definition) is 1. The second-order valence-corrected chi connectivity index (χ2v) is 5.03. The highest BCUT2D eigenvalue weighted by molar-refractivity contribution is 5.74. The third-order valence-electron chi connectivity index (χ3n) is 2.97. The highest BCUT2D eigenvalue weighted by atomic mass is 16.6. The van der Waals surface area contributed by atoms with E-state index in [-0.39, 0.29) is 36.1 Å². The number of carbonyl (C=O) groups excluding carboxylic acids is 1. The number of carbonyl (C=O) groups is 1. The average molecular weight is 332 g/mol. The number of benzene rings is 1. The Hall–Kier alpha value is -3.30. The summed E-state index contributed by atoms with van der Waals surface area (Å²) in [7, 11) is 3.47. The van der Waals surface area contributed by atoms with E-state index in [2.05, 4.69) is 15.0 Å². The molecule has 10 heteroatoms. The van der Waals surface area contributed by atoms with Crippen molar-refractivity contribution in [1.82, 2.24) is 15.0 Å². The molecule has 0 unspecified atom stereocenters. The van der Waals surface area contributed by atoms with Crippen LogP contribution in [0.5, 0.6) is 0 Å². The summed E-state index contributed by atoms with van der Waals surface area (Å²) >= 11 is 0. The lowest BCUT2D eigenvalue weighted by Crippen LogP contribution is -2.17. The highest BCUT2D eigenvalue weighted by Crippen LogP contribution is 2.18. The van der Waals surface area contributed by atoms with Gasteiger partial charge in [0.1, 0.15) is 0 Å². The van der Waals surface area contributed by atoms with Gasteiger partial charge in [0.15, 0.2) is 12.4 Å². The summed E-state index contributed by atoms with van der Waals surface area (Å²) < 4.78 is 5.07. The summed E-state index contributed by atoms with van der Waals surface area (Å²) in [5.74, 6) is -0.0810. The van der Waals surface area contributed by atoms with Gasteiger partial charge in [-0.15, -0.1) is 0 Å². The van der Waals surface area contributed by atoms with Crippen LogP contribution in [0.1, 0.15) is 11.4 Å². The first-order valence-electron chi connectivity index (χ1n) is 6.92. The second kappa shape index (κ2) is 7.31. The third-order valence-corrected chi connectivity index (χ3v) is 2.97. The van der Waals surface area contributed by atoms with E-state index in [0.29, 0.717) is 5.95 Å². The number of nitrogens with two attached hydrogens (primary N) is 1. The lowest BCUT2D eigenvalue weighted by atomic mass is 10.1. The molecule has 0 fully saturated rings. The number of nitrogens with zero attached hydrogens (tertiary/aromatic N) is 5. The number of rotatable bonds is 6. The molecule has 0 aliphatic carbocycles. The van der Waals surface area contributed by atoms with Crippen LogP contribution < -0.4 is 10.6 Å². The predicted octanol–water partition coefficient (Wildman–Crippen LogP) is 0.714. The Bertz CT molecular complexity index is 765. The number of ether oxygens (including phenoxy) is 1. The molecule has 1 heterocycles. The minimum Gasteiger partial charge on any atom is -0.457 e. The normalized spacial score (nSPS) is 10.2. The second-order valence-electron chi connectivity index (χ2n) is 5.03. The van der Waals surface area contributed by atoms with E-state index >= 15 is 0 Å². The molecule has 2 N–H and O–H groups in total. The number of para-hydroxylation sites is 1. The van der Waals surface area contributed by atoms with Gasteiger partial charge >= 0.3 is 5.97 Å². The van der Waals surface area contributed by atoms with Gasteiger partial charge in [0.05, 0.1) is 11.3 Å². The summed E-state index contributed by atoms with van der Waals surface area (Å²) in [4.78, 5) is 35.8. The molecule has 2 aromatic rings. The SMILES string of the molecule is CN(C)c1nc(N)nc(COC(=O)Cc2ccccc2[N+](=O)[O-])n1. The summed E-state index contributed by atoms with van der Waals surface area (Å²) in [6.45, 7) is -0.201.